The number of aromatic amines is 1. The van der Waals surface area contributed by atoms with Gasteiger partial charge in [-0.05, 0) is 30.3 Å². The number of benzene rings is 2. The summed E-state index contributed by atoms with van der Waals surface area (Å²) in [4.78, 5) is 66.9. The molecule has 0 aliphatic carbocycles. The van der Waals surface area contributed by atoms with Crippen molar-refractivity contribution in [1.29, 1.82) is 0 Å². The molecule has 3 amide bonds. The lowest BCUT2D eigenvalue weighted by Crippen LogP contribution is -2.56. The minimum absolute atomic E-state index is 0.0456. The fourth-order valence-corrected chi connectivity index (χ4v) is 4.55. The van der Waals surface area contributed by atoms with E-state index in [4.69, 9.17) is 14.2 Å². The Hall–Kier alpha value is -4.96. The van der Waals surface area contributed by atoms with Crippen molar-refractivity contribution in [3.63, 3.8) is 0 Å². The quantitative estimate of drug-likeness (QED) is 0.379. The number of rotatable bonds is 7. The molecule has 42 heavy (non-hydrogen) atoms. The summed E-state index contributed by atoms with van der Waals surface area (Å²) in [5.74, 6) is -6.92. The summed E-state index contributed by atoms with van der Waals surface area (Å²) >= 11 is 0. The number of nitrogens with one attached hydrogen (secondary N) is 2. The molecular weight excluding hydrogens is 564 g/mol. The molecule has 3 aromatic rings. The van der Waals surface area contributed by atoms with Gasteiger partial charge in [-0.3, -0.25) is 28.7 Å². The van der Waals surface area contributed by atoms with E-state index in [0.29, 0.717) is 24.5 Å². The lowest BCUT2D eigenvalue weighted by molar-refractivity contribution is -0.167. The van der Waals surface area contributed by atoms with Gasteiger partial charge in [0.1, 0.15) is 18.2 Å². The van der Waals surface area contributed by atoms with Gasteiger partial charge < -0.3 is 29.3 Å². The Balaban J connectivity index is 1.37. The first-order valence-electron chi connectivity index (χ1n) is 12.6. The zero-order chi connectivity index (χ0) is 30.0. The summed E-state index contributed by atoms with van der Waals surface area (Å²) in [6, 6.07) is 8.09. The summed E-state index contributed by atoms with van der Waals surface area (Å²) in [7, 11) is 0. The zero-order valence-electron chi connectivity index (χ0n) is 21.9. The number of amides is 3. The van der Waals surface area contributed by atoms with Crippen molar-refractivity contribution in [1.82, 2.24) is 10.1 Å². The molecule has 2 fully saturated rings. The molecule has 1 aromatic heterocycles. The van der Waals surface area contributed by atoms with E-state index < -0.39 is 58.8 Å². The number of carbonyl (C=O) groups excluding carboxylic acids is 4. The molecule has 3 heterocycles. The normalized spacial score (nSPS) is 18.1. The summed E-state index contributed by atoms with van der Waals surface area (Å²) < 4.78 is 49.5. The first-order valence-corrected chi connectivity index (χ1v) is 12.6. The van der Waals surface area contributed by atoms with Crippen molar-refractivity contribution in [2.75, 3.05) is 48.0 Å². The first-order chi connectivity index (χ1) is 20.1. The van der Waals surface area contributed by atoms with Gasteiger partial charge in [0.25, 0.3) is 17.7 Å². The molecule has 16 heteroatoms. The minimum Gasteiger partial charge on any atom is -0.449 e. The van der Waals surface area contributed by atoms with Crippen LogP contribution in [0.2, 0.25) is 0 Å². The molecule has 0 spiro atoms. The van der Waals surface area contributed by atoms with Crippen molar-refractivity contribution >= 4 is 40.8 Å². The Morgan fingerprint density at radius 1 is 1.07 bits per heavy atom. The van der Waals surface area contributed by atoms with Crippen LogP contribution in [0.15, 0.2) is 45.7 Å². The molecule has 2 aromatic carbocycles. The highest BCUT2D eigenvalue weighted by Crippen LogP contribution is 2.29. The van der Waals surface area contributed by atoms with Crippen LogP contribution in [0.25, 0.3) is 11.4 Å². The topological polar surface area (TPSA) is 173 Å². The Morgan fingerprint density at radius 2 is 1.76 bits per heavy atom. The monoisotopic (exact) mass is 587 g/mol. The number of hydrogen-bond acceptors (Lipinski definition) is 10. The molecular formula is C26H23F2N5O9. The van der Waals surface area contributed by atoms with E-state index in [9.17, 15) is 32.8 Å². The summed E-state index contributed by atoms with van der Waals surface area (Å²) in [5.41, 5.74) is -0.159. The van der Waals surface area contributed by atoms with Crippen LogP contribution in [-0.2, 0) is 33.4 Å². The van der Waals surface area contributed by atoms with Gasteiger partial charge in [-0.25, -0.2) is 13.6 Å². The largest absolute Gasteiger partial charge is 0.449 e. The van der Waals surface area contributed by atoms with Crippen molar-refractivity contribution in [2.45, 2.75) is 19.1 Å². The van der Waals surface area contributed by atoms with Crippen molar-refractivity contribution in [3.8, 4) is 11.4 Å². The van der Waals surface area contributed by atoms with Crippen LogP contribution in [-0.4, -0.2) is 78.9 Å². The third kappa shape index (κ3) is 5.89. The fourth-order valence-electron chi connectivity index (χ4n) is 4.55. The number of esters is 1. The SMILES string of the molecule is CC(=O)O[C@@H](C(=O)Nc1cc(F)c(-c2noc(=O)[nH]2)c(F)c1)[C@H]1OCCN(c2cccc(N3CCOCC3=O)c2)C1=O. The summed E-state index contributed by atoms with van der Waals surface area (Å²) in [5, 5.41) is 5.47. The highest BCUT2D eigenvalue weighted by Gasteiger charge is 2.43. The third-order valence-corrected chi connectivity index (χ3v) is 6.37. The number of anilines is 3. The molecule has 2 saturated heterocycles. The van der Waals surface area contributed by atoms with E-state index >= 15 is 0 Å². The molecule has 0 radical (unpaired) electrons. The molecule has 5 rings (SSSR count). The molecule has 2 N–H and O–H groups in total. The van der Waals surface area contributed by atoms with Crippen LogP contribution >= 0.6 is 0 Å². The Bertz CT molecular complexity index is 1580. The van der Waals surface area contributed by atoms with E-state index in [0.717, 1.165) is 19.1 Å². The first kappa shape index (κ1) is 28.6. The van der Waals surface area contributed by atoms with E-state index in [2.05, 4.69) is 15.0 Å². The maximum atomic E-state index is 14.7. The standard InChI is InChI=1S/C26H23F2N5O9/c1-13(34)41-21(24(36)29-14-9-17(27)20(18(28)10-14)23-30-26(38)42-31-23)22-25(37)33(6-8-40-22)16-4-2-3-15(11-16)32-5-7-39-12-19(32)35/h2-4,9-11,21-22H,5-8,12H2,1H3,(H,29,36)(H,30,31,38)/t21-,22-/m1/s1. The lowest BCUT2D eigenvalue weighted by atomic mass is 10.1. The van der Waals surface area contributed by atoms with Crippen LogP contribution in [0.4, 0.5) is 25.8 Å². The van der Waals surface area contributed by atoms with E-state index in [1.54, 1.807) is 24.3 Å². The number of ether oxygens (including phenoxy) is 3. The van der Waals surface area contributed by atoms with Gasteiger partial charge in [-0.1, -0.05) is 11.2 Å². The maximum Gasteiger partial charge on any atom is 0.439 e. The number of morpholine rings is 2. The van der Waals surface area contributed by atoms with Gasteiger partial charge in [0.15, 0.2) is 11.9 Å². The van der Waals surface area contributed by atoms with Gasteiger partial charge in [0.2, 0.25) is 6.10 Å². The predicted octanol–water partition coefficient (Wildman–Crippen LogP) is 0.973. The maximum absolute atomic E-state index is 14.7. The van der Waals surface area contributed by atoms with Crippen molar-refractivity contribution in [3.05, 3.63) is 58.6 Å². The number of carbonyl (C=O) groups is 4. The molecule has 0 unspecified atom stereocenters. The van der Waals surface area contributed by atoms with Gasteiger partial charge in [-0.15, -0.1) is 0 Å². The van der Waals surface area contributed by atoms with Crippen LogP contribution in [0.5, 0.6) is 0 Å². The Kier molecular flexibility index (Phi) is 8.08. The van der Waals surface area contributed by atoms with Crippen LogP contribution in [0.1, 0.15) is 6.92 Å². The summed E-state index contributed by atoms with van der Waals surface area (Å²) in [6.45, 7) is 1.67. The van der Waals surface area contributed by atoms with Gasteiger partial charge in [-0.2, -0.15) is 0 Å². The molecule has 0 saturated carbocycles. The van der Waals surface area contributed by atoms with Crippen molar-refractivity contribution in [2.24, 2.45) is 0 Å². The molecule has 14 nitrogen and oxygen atoms in total. The van der Waals surface area contributed by atoms with E-state index in [-0.39, 0.29) is 31.4 Å². The molecule has 2 aliphatic rings. The van der Waals surface area contributed by atoms with E-state index in [1.165, 1.54) is 9.80 Å². The fraction of sp³-hybridized carbons (Fsp3) is 0.308. The second kappa shape index (κ2) is 11.9. The minimum atomic E-state index is -1.83. The highest BCUT2D eigenvalue weighted by molar-refractivity contribution is 6.05. The second-order valence-corrected chi connectivity index (χ2v) is 9.18. The number of nitrogens with zero attached hydrogens (tertiary/aromatic N) is 3. The molecule has 2 atom stereocenters. The van der Waals surface area contributed by atoms with Crippen molar-refractivity contribution < 1.29 is 46.7 Å². The van der Waals surface area contributed by atoms with Gasteiger partial charge >= 0.3 is 11.7 Å². The van der Waals surface area contributed by atoms with Gasteiger partial charge in [0.05, 0.1) is 18.8 Å². The second-order valence-electron chi connectivity index (χ2n) is 9.18. The lowest BCUT2D eigenvalue weighted by Gasteiger charge is -2.35. The van der Waals surface area contributed by atoms with Crippen LogP contribution < -0.4 is 20.9 Å². The zero-order valence-corrected chi connectivity index (χ0v) is 21.9. The average molecular weight is 587 g/mol. The van der Waals surface area contributed by atoms with E-state index in [1.807, 2.05) is 4.98 Å². The number of aromatic nitrogens is 2. The van der Waals surface area contributed by atoms with Crippen LogP contribution in [0.3, 0.4) is 0 Å². The number of H-pyrrole nitrogens is 1. The Labute approximate surface area is 235 Å². The highest BCUT2D eigenvalue weighted by atomic mass is 19.1. The average Bonchev–Trinajstić information content (AvgIpc) is 3.37. The Morgan fingerprint density at radius 3 is 2.40 bits per heavy atom. The predicted molar refractivity (Wildman–Crippen MR) is 138 cm³/mol. The smallest absolute Gasteiger partial charge is 0.439 e. The third-order valence-electron chi connectivity index (χ3n) is 6.37. The molecule has 220 valence electrons. The molecule has 0 bridgehead atoms. The summed E-state index contributed by atoms with van der Waals surface area (Å²) in [6.07, 6.45) is -3.44. The number of hydrogen-bond donors (Lipinski definition) is 2. The van der Waals surface area contributed by atoms with Crippen LogP contribution in [0, 0.1) is 11.6 Å². The van der Waals surface area contributed by atoms with Gasteiger partial charge in [0, 0.05) is 37.1 Å². The molecule has 2 aliphatic heterocycles. The number of halogens is 2.